The van der Waals surface area contributed by atoms with Crippen LogP contribution in [-0.2, 0) is 0 Å². The molecule has 0 aliphatic carbocycles. The van der Waals surface area contributed by atoms with Crippen LogP contribution in [0.4, 0.5) is 4.39 Å². The van der Waals surface area contributed by atoms with Crippen LogP contribution in [0.5, 0.6) is 11.5 Å². The summed E-state index contributed by atoms with van der Waals surface area (Å²) in [6, 6.07) is 13.3. The molecule has 0 aliphatic rings. The van der Waals surface area contributed by atoms with Crippen LogP contribution >= 0.6 is 22.6 Å². The van der Waals surface area contributed by atoms with Gasteiger partial charge in [0, 0.05) is 3.57 Å². The molecule has 2 aromatic rings. The number of hydrogen-bond donors (Lipinski definition) is 0. The van der Waals surface area contributed by atoms with Gasteiger partial charge in [-0.15, -0.1) is 0 Å². The predicted octanol–water partition coefficient (Wildman–Crippen LogP) is 4.09. The monoisotopic (exact) mass is 339 g/mol. The van der Waals surface area contributed by atoms with Gasteiger partial charge in [-0.2, -0.15) is 5.26 Å². The lowest BCUT2D eigenvalue weighted by Gasteiger charge is -2.06. The Morgan fingerprint density at radius 3 is 2.65 bits per heavy atom. The fraction of sp³-hybridized carbons (Fsp3) is 0. The van der Waals surface area contributed by atoms with Crippen LogP contribution in [0.2, 0.25) is 0 Å². The third kappa shape index (κ3) is 2.94. The first-order chi connectivity index (χ1) is 8.19. The number of nitriles is 1. The molecular weight excluding hydrogens is 332 g/mol. The highest BCUT2D eigenvalue weighted by molar-refractivity contribution is 14.1. The maximum atomic E-state index is 13.5. The van der Waals surface area contributed by atoms with Crippen molar-refractivity contribution in [2.45, 2.75) is 0 Å². The first kappa shape index (κ1) is 11.9. The van der Waals surface area contributed by atoms with Crippen molar-refractivity contribution in [3.63, 3.8) is 0 Å². The predicted molar refractivity (Wildman–Crippen MR) is 70.3 cm³/mol. The number of benzene rings is 2. The number of nitrogens with zero attached hydrogens (tertiary/aromatic N) is 1. The molecule has 0 spiro atoms. The number of halogens is 2. The Labute approximate surface area is 112 Å². The summed E-state index contributed by atoms with van der Waals surface area (Å²) in [7, 11) is 0. The highest BCUT2D eigenvalue weighted by Gasteiger charge is 2.06. The Hall–Kier alpha value is -1.61. The quantitative estimate of drug-likeness (QED) is 0.772. The molecule has 17 heavy (non-hydrogen) atoms. The minimum Gasteiger partial charge on any atom is -0.454 e. The van der Waals surface area contributed by atoms with E-state index in [1.807, 2.05) is 18.2 Å². The Morgan fingerprint density at radius 1 is 1.18 bits per heavy atom. The Bertz CT molecular complexity index is 592. The zero-order chi connectivity index (χ0) is 12.3. The van der Waals surface area contributed by atoms with Crippen LogP contribution in [0.1, 0.15) is 5.56 Å². The van der Waals surface area contributed by atoms with Crippen LogP contribution in [0.3, 0.4) is 0 Å². The van der Waals surface area contributed by atoms with Gasteiger partial charge in [-0.1, -0.05) is 6.07 Å². The van der Waals surface area contributed by atoms with E-state index in [9.17, 15) is 4.39 Å². The second kappa shape index (κ2) is 5.15. The summed E-state index contributed by atoms with van der Waals surface area (Å²) in [4.78, 5) is 0. The van der Waals surface area contributed by atoms with Crippen molar-refractivity contribution in [3.8, 4) is 17.6 Å². The molecule has 0 aliphatic heterocycles. The van der Waals surface area contributed by atoms with Crippen molar-refractivity contribution in [3.05, 3.63) is 57.4 Å². The molecule has 0 heterocycles. The summed E-state index contributed by atoms with van der Waals surface area (Å²) in [5.74, 6) is 0.148. The van der Waals surface area contributed by atoms with Crippen molar-refractivity contribution < 1.29 is 9.13 Å². The van der Waals surface area contributed by atoms with Gasteiger partial charge >= 0.3 is 0 Å². The third-order valence-electron chi connectivity index (χ3n) is 2.08. The molecule has 4 heteroatoms. The fourth-order valence-corrected chi connectivity index (χ4v) is 1.83. The minimum atomic E-state index is -0.539. The zero-order valence-corrected chi connectivity index (χ0v) is 10.8. The Balaban J connectivity index is 2.28. The van der Waals surface area contributed by atoms with Gasteiger partial charge in [0.25, 0.3) is 0 Å². The van der Waals surface area contributed by atoms with Crippen LogP contribution in [-0.4, -0.2) is 0 Å². The van der Waals surface area contributed by atoms with Crippen LogP contribution in [0.25, 0.3) is 0 Å². The molecule has 0 saturated carbocycles. The summed E-state index contributed by atoms with van der Waals surface area (Å²) in [6.45, 7) is 0. The van der Waals surface area contributed by atoms with Gasteiger partial charge in [-0.05, 0) is 59.0 Å². The van der Waals surface area contributed by atoms with Crippen LogP contribution in [0, 0.1) is 20.7 Å². The summed E-state index contributed by atoms with van der Waals surface area (Å²) in [6.07, 6.45) is 0. The van der Waals surface area contributed by atoms with Crippen molar-refractivity contribution >= 4 is 22.6 Å². The van der Waals surface area contributed by atoms with E-state index >= 15 is 0 Å². The second-order valence-electron chi connectivity index (χ2n) is 3.32. The lowest BCUT2D eigenvalue weighted by Crippen LogP contribution is -1.89. The van der Waals surface area contributed by atoms with Gasteiger partial charge in [-0.3, -0.25) is 0 Å². The fourth-order valence-electron chi connectivity index (χ4n) is 1.31. The van der Waals surface area contributed by atoms with Crippen molar-refractivity contribution in [2.24, 2.45) is 0 Å². The van der Waals surface area contributed by atoms with Crippen LogP contribution in [0.15, 0.2) is 42.5 Å². The molecular formula is C13H7FINO. The smallest absolute Gasteiger partial charge is 0.167 e. The molecule has 2 aromatic carbocycles. The SMILES string of the molecule is N#Cc1ccc(Oc2cccc(I)c2)c(F)c1. The molecule has 0 bridgehead atoms. The third-order valence-corrected chi connectivity index (χ3v) is 2.76. The lowest BCUT2D eigenvalue weighted by atomic mass is 10.2. The molecule has 84 valence electrons. The highest BCUT2D eigenvalue weighted by Crippen LogP contribution is 2.25. The average molecular weight is 339 g/mol. The topological polar surface area (TPSA) is 33.0 Å². The second-order valence-corrected chi connectivity index (χ2v) is 4.56. The van der Waals surface area contributed by atoms with Gasteiger partial charge in [0.15, 0.2) is 11.6 Å². The van der Waals surface area contributed by atoms with E-state index in [0.717, 1.165) is 9.64 Å². The van der Waals surface area contributed by atoms with E-state index in [4.69, 9.17) is 10.00 Å². The van der Waals surface area contributed by atoms with Crippen LogP contribution < -0.4 is 4.74 Å². The van der Waals surface area contributed by atoms with E-state index in [1.54, 1.807) is 12.1 Å². The standard InChI is InChI=1S/C13H7FINO/c14-12-6-9(8-16)4-5-13(12)17-11-3-1-2-10(15)7-11/h1-7H. The number of hydrogen-bond acceptors (Lipinski definition) is 2. The van der Waals surface area contributed by atoms with E-state index in [2.05, 4.69) is 22.6 Å². The van der Waals surface area contributed by atoms with Crippen molar-refractivity contribution in [1.29, 1.82) is 5.26 Å². The van der Waals surface area contributed by atoms with Crippen molar-refractivity contribution in [2.75, 3.05) is 0 Å². The maximum absolute atomic E-state index is 13.5. The van der Waals surface area contributed by atoms with Gasteiger partial charge in [0.1, 0.15) is 5.75 Å². The number of ether oxygens (including phenoxy) is 1. The average Bonchev–Trinajstić information content (AvgIpc) is 2.32. The molecule has 0 saturated heterocycles. The van der Waals surface area contributed by atoms with E-state index in [-0.39, 0.29) is 11.3 Å². The zero-order valence-electron chi connectivity index (χ0n) is 8.65. The molecule has 0 unspecified atom stereocenters. The largest absolute Gasteiger partial charge is 0.454 e. The summed E-state index contributed by atoms with van der Waals surface area (Å²) in [5.41, 5.74) is 0.275. The van der Waals surface area contributed by atoms with Crippen molar-refractivity contribution in [1.82, 2.24) is 0 Å². The van der Waals surface area contributed by atoms with Gasteiger partial charge in [-0.25, -0.2) is 4.39 Å². The molecule has 0 atom stereocenters. The Kier molecular flexibility index (Phi) is 3.59. The summed E-state index contributed by atoms with van der Waals surface area (Å²) >= 11 is 2.15. The molecule has 2 nitrogen and oxygen atoms in total. The van der Waals surface area contributed by atoms with Gasteiger partial charge in [0.2, 0.25) is 0 Å². The maximum Gasteiger partial charge on any atom is 0.167 e. The van der Waals surface area contributed by atoms with Gasteiger partial charge < -0.3 is 4.74 Å². The normalized spacial score (nSPS) is 9.71. The van der Waals surface area contributed by atoms with E-state index < -0.39 is 5.82 Å². The summed E-state index contributed by atoms with van der Waals surface area (Å²) in [5, 5.41) is 8.62. The first-order valence-electron chi connectivity index (χ1n) is 4.82. The molecule has 2 rings (SSSR count). The first-order valence-corrected chi connectivity index (χ1v) is 5.90. The van der Waals surface area contributed by atoms with E-state index in [1.165, 1.54) is 12.1 Å². The van der Waals surface area contributed by atoms with E-state index in [0.29, 0.717) is 5.75 Å². The molecule has 0 radical (unpaired) electrons. The molecule has 0 N–H and O–H groups in total. The highest BCUT2D eigenvalue weighted by atomic mass is 127. The molecule has 0 aromatic heterocycles. The summed E-state index contributed by atoms with van der Waals surface area (Å²) < 4.78 is 20.0. The minimum absolute atomic E-state index is 0.117. The molecule has 0 amide bonds. The number of rotatable bonds is 2. The van der Waals surface area contributed by atoms with Gasteiger partial charge in [0.05, 0.1) is 11.6 Å². The lowest BCUT2D eigenvalue weighted by molar-refractivity contribution is 0.442. The Morgan fingerprint density at radius 2 is 2.00 bits per heavy atom. The molecule has 0 fully saturated rings.